The lowest BCUT2D eigenvalue weighted by Gasteiger charge is -2.35. The van der Waals surface area contributed by atoms with E-state index in [1.54, 1.807) is 0 Å². The molecule has 0 radical (unpaired) electrons. The fourth-order valence-corrected chi connectivity index (χ4v) is 3.94. The highest BCUT2D eigenvalue weighted by Gasteiger charge is 2.28. The van der Waals surface area contributed by atoms with Gasteiger partial charge in [-0.3, -0.25) is 4.90 Å². The summed E-state index contributed by atoms with van der Waals surface area (Å²) in [7, 11) is 0. The Balaban J connectivity index is 1.81. The van der Waals surface area contributed by atoms with Gasteiger partial charge in [-0.15, -0.1) is 0 Å². The summed E-state index contributed by atoms with van der Waals surface area (Å²) in [4.78, 5) is 9.45. The molecule has 2 aromatic carbocycles. The van der Waals surface area contributed by atoms with Crippen molar-refractivity contribution in [1.82, 2.24) is 0 Å². The van der Waals surface area contributed by atoms with Crippen molar-refractivity contribution in [3.63, 3.8) is 0 Å². The number of aliphatic imine (C=N–C) groups is 1. The molecule has 26 heavy (non-hydrogen) atoms. The van der Waals surface area contributed by atoms with Crippen molar-refractivity contribution >= 4 is 28.6 Å². The summed E-state index contributed by atoms with van der Waals surface area (Å²) in [5, 5.41) is 0. The van der Waals surface area contributed by atoms with Gasteiger partial charge < -0.3 is 10.6 Å². The molecule has 4 nitrogen and oxygen atoms in total. The van der Waals surface area contributed by atoms with E-state index in [1.165, 1.54) is 24.1 Å². The summed E-state index contributed by atoms with van der Waals surface area (Å²) >= 11 is 0. The lowest BCUT2D eigenvalue weighted by Crippen LogP contribution is -2.42. The molecule has 2 aliphatic rings. The van der Waals surface area contributed by atoms with E-state index < -0.39 is 0 Å². The van der Waals surface area contributed by atoms with Gasteiger partial charge in [0.15, 0.2) is 0 Å². The van der Waals surface area contributed by atoms with Crippen LogP contribution in [0.5, 0.6) is 0 Å². The quantitative estimate of drug-likeness (QED) is 0.892. The average Bonchev–Trinajstić information content (AvgIpc) is 3.16. The third-order valence-corrected chi connectivity index (χ3v) is 5.24. The predicted molar refractivity (Wildman–Crippen MR) is 111 cm³/mol. The van der Waals surface area contributed by atoms with Crippen molar-refractivity contribution < 1.29 is 0 Å². The lowest BCUT2D eigenvalue weighted by molar-refractivity contribution is 0.944. The SMILES string of the molecule is C=C1c2c(C)cccc2N=C(C(C)N)N1c1cccc(N2CCCC2)c1. The Morgan fingerprint density at radius 2 is 1.77 bits per heavy atom. The smallest absolute Gasteiger partial charge is 0.131 e. The van der Waals surface area contributed by atoms with Crippen molar-refractivity contribution in [2.75, 3.05) is 22.9 Å². The van der Waals surface area contributed by atoms with Crippen LogP contribution in [-0.2, 0) is 0 Å². The average molecular weight is 346 g/mol. The third-order valence-electron chi connectivity index (χ3n) is 5.24. The van der Waals surface area contributed by atoms with Gasteiger partial charge in [0.05, 0.1) is 11.7 Å². The summed E-state index contributed by atoms with van der Waals surface area (Å²) in [6.45, 7) is 10.7. The van der Waals surface area contributed by atoms with E-state index in [0.717, 1.165) is 41.6 Å². The molecule has 4 rings (SSSR count). The molecule has 0 aromatic heterocycles. The summed E-state index contributed by atoms with van der Waals surface area (Å²) in [5.74, 6) is 0.840. The molecule has 4 heteroatoms. The summed E-state index contributed by atoms with van der Waals surface area (Å²) < 4.78 is 0. The van der Waals surface area contributed by atoms with Gasteiger partial charge in [-0.25, -0.2) is 4.99 Å². The predicted octanol–water partition coefficient (Wildman–Crippen LogP) is 4.46. The van der Waals surface area contributed by atoms with Gasteiger partial charge >= 0.3 is 0 Å². The molecule has 1 unspecified atom stereocenters. The van der Waals surface area contributed by atoms with E-state index >= 15 is 0 Å². The second kappa shape index (κ2) is 6.61. The van der Waals surface area contributed by atoms with Crippen LogP contribution in [0, 0.1) is 6.92 Å². The topological polar surface area (TPSA) is 44.9 Å². The molecular formula is C22H26N4. The number of hydrogen-bond donors (Lipinski definition) is 1. The number of fused-ring (bicyclic) bond motifs is 1. The standard InChI is InChI=1S/C22H26N4/c1-15-8-6-11-20-21(15)17(3)26(22(24-20)16(2)23)19-10-7-9-18(14-19)25-12-4-5-13-25/h6-11,14,16H,3-5,12-13,23H2,1-2H3. The van der Waals surface area contributed by atoms with E-state index in [-0.39, 0.29) is 6.04 Å². The molecule has 2 N–H and O–H groups in total. The van der Waals surface area contributed by atoms with Crippen LogP contribution >= 0.6 is 0 Å². The first kappa shape index (κ1) is 16.9. The molecule has 1 saturated heterocycles. The molecule has 2 aliphatic heterocycles. The zero-order chi connectivity index (χ0) is 18.3. The Morgan fingerprint density at radius 1 is 1.08 bits per heavy atom. The zero-order valence-electron chi connectivity index (χ0n) is 15.6. The van der Waals surface area contributed by atoms with Crippen molar-refractivity contribution in [1.29, 1.82) is 0 Å². The van der Waals surface area contributed by atoms with E-state index in [2.05, 4.69) is 53.6 Å². The summed E-state index contributed by atoms with van der Waals surface area (Å²) in [5.41, 5.74) is 12.8. The molecule has 0 aliphatic carbocycles. The third kappa shape index (κ3) is 2.80. The molecule has 1 fully saturated rings. The first-order valence-electron chi connectivity index (χ1n) is 9.34. The van der Waals surface area contributed by atoms with E-state index in [4.69, 9.17) is 10.7 Å². The van der Waals surface area contributed by atoms with Crippen LogP contribution in [0.4, 0.5) is 17.1 Å². The van der Waals surface area contributed by atoms with E-state index in [9.17, 15) is 0 Å². The normalized spacial score (nSPS) is 18.0. The van der Waals surface area contributed by atoms with Crippen molar-refractivity contribution in [2.24, 2.45) is 10.7 Å². The number of benzene rings is 2. The largest absolute Gasteiger partial charge is 0.371 e. The Bertz CT molecular complexity index is 875. The maximum Gasteiger partial charge on any atom is 0.131 e. The van der Waals surface area contributed by atoms with Crippen LogP contribution in [0.15, 0.2) is 54.0 Å². The number of aryl methyl sites for hydroxylation is 1. The number of nitrogens with zero attached hydrogens (tertiary/aromatic N) is 3. The number of nitrogens with two attached hydrogens (primary N) is 1. The van der Waals surface area contributed by atoms with Crippen LogP contribution in [-0.4, -0.2) is 25.0 Å². The molecular weight excluding hydrogens is 320 g/mol. The molecule has 0 saturated carbocycles. The van der Waals surface area contributed by atoms with Crippen LogP contribution < -0.4 is 15.5 Å². The van der Waals surface area contributed by atoms with Gasteiger partial charge in [-0.05, 0) is 56.5 Å². The second-order valence-electron chi connectivity index (χ2n) is 7.22. The Kier molecular flexibility index (Phi) is 4.29. The highest BCUT2D eigenvalue weighted by molar-refractivity contribution is 6.15. The number of hydrogen-bond acceptors (Lipinski definition) is 4. The van der Waals surface area contributed by atoms with Gasteiger partial charge in [0.1, 0.15) is 5.84 Å². The molecule has 2 aromatic rings. The van der Waals surface area contributed by atoms with Crippen molar-refractivity contribution in [2.45, 2.75) is 32.7 Å². The Hall–Kier alpha value is -2.59. The van der Waals surface area contributed by atoms with Crippen LogP contribution in [0.2, 0.25) is 0 Å². The molecule has 0 amide bonds. The summed E-state index contributed by atoms with van der Waals surface area (Å²) in [6, 6.07) is 14.6. The monoisotopic (exact) mass is 346 g/mol. The van der Waals surface area contributed by atoms with Crippen LogP contribution in [0.1, 0.15) is 30.9 Å². The van der Waals surface area contributed by atoms with E-state index in [0.29, 0.717) is 0 Å². The van der Waals surface area contributed by atoms with Crippen molar-refractivity contribution in [3.8, 4) is 0 Å². The number of anilines is 2. The Morgan fingerprint density at radius 3 is 2.50 bits per heavy atom. The van der Waals surface area contributed by atoms with Crippen LogP contribution in [0.3, 0.4) is 0 Å². The van der Waals surface area contributed by atoms with E-state index in [1.807, 2.05) is 19.1 Å². The van der Waals surface area contributed by atoms with Gasteiger partial charge in [-0.2, -0.15) is 0 Å². The minimum Gasteiger partial charge on any atom is -0.371 e. The fraction of sp³-hybridized carbons (Fsp3) is 0.318. The zero-order valence-corrected chi connectivity index (χ0v) is 15.6. The molecule has 1 atom stereocenters. The van der Waals surface area contributed by atoms with Crippen molar-refractivity contribution in [3.05, 3.63) is 60.2 Å². The van der Waals surface area contributed by atoms with Crippen LogP contribution in [0.25, 0.3) is 5.70 Å². The molecule has 0 spiro atoms. The van der Waals surface area contributed by atoms with Gasteiger partial charge in [0.2, 0.25) is 0 Å². The minimum absolute atomic E-state index is 0.184. The second-order valence-corrected chi connectivity index (χ2v) is 7.22. The number of amidine groups is 1. The maximum atomic E-state index is 6.29. The lowest BCUT2D eigenvalue weighted by atomic mass is 9.99. The fourth-order valence-electron chi connectivity index (χ4n) is 3.94. The molecule has 134 valence electrons. The highest BCUT2D eigenvalue weighted by atomic mass is 15.2. The first-order chi connectivity index (χ1) is 12.6. The maximum absolute atomic E-state index is 6.29. The highest BCUT2D eigenvalue weighted by Crippen LogP contribution is 2.39. The minimum atomic E-state index is -0.184. The Labute approximate surface area is 155 Å². The summed E-state index contributed by atoms with van der Waals surface area (Å²) in [6.07, 6.45) is 2.53. The van der Waals surface area contributed by atoms with Gasteiger partial charge in [0, 0.05) is 35.7 Å². The number of rotatable bonds is 3. The van der Waals surface area contributed by atoms with Gasteiger partial charge in [0.25, 0.3) is 0 Å². The molecule has 0 bridgehead atoms. The van der Waals surface area contributed by atoms with Gasteiger partial charge in [-0.1, -0.05) is 24.8 Å². The molecule has 2 heterocycles. The first-order valence-corrected chi connectivity index (χ1v) is 9.34.